The van der Waals surface area contributed by atoms with Gasteiger partial charge in [0.05, 0.1) is 11.2 Å². The van der Waals surface area contributed by atoms with Crippen LogP contribution in [-0.2, 0) is 0 Å². The fourth-order valence-electron chi connectivity index (χ4n) is 5.72. The second-order valence-electron chi connectivity index (χ2n) is 10.0. The van der Waals surface area contributed by atoms with Crippen LogP contribution in [0.15, 0.2) is 146 Å². The van der Waals surface area contributed by atoms with Gasteiger partial charge in [0.2, 0.25) is 0 Å². The molecule has 0 fully saturated rings. The molecule has 1 aliphatic heterocycles. The van der Waals surface area contributed by atoms with Gasteiger partial charge in [-0.1, -0.05) is 109 Å². The van der Waals surface area contributed by atoms with Gasteiger partial charge in [0.15, 0.2) is 11.5 Å². The van der Waals surface area contributed by atoms with Gasteiger partial charge in [-0.2, -0.15) is 0 Å². The highest BCUT2D eigenvalue weighted by Crippen LogP contribution is 2.48. The molecule has 0 amide bonds. The van der Waals surface area contributed by atoms with Gasteiger partial charge in [-0.15, -0.1) is 0 Å². The molecule has 40 heavy (non-hydrogen) atoms. The first-order valence-electron chi connectivity index (χ1n) is 13.5. The lowest BCUT2D eigenvalue weighted by Gasteiger charge is -2.24. The summed E-state index contributed by atoms with van der Waals surface area (Å²) >= 11 is 0. The van der Waals surface area contributed by atoms with Gasteiger partial charge >= 0.3 is 0 Å². The number of ether oxygens (including phenoxy) is 1. The normalized spacial score (nSPS) is 11.7. The van der Waals surface area contributed by atoms with E-state index in [2.05, 4.69) is 132 Å². The highest BCUT2D eigenvalue weighted by molar-refractivity contribution is 5.93. The topological polar surface area (TPSA) is 27.1 Å². The van der Waals surface area contributed by atoms with E-state index in [1.165, 1.54) is 22.3 Å². The number of nitrogens with zero attached hydrogens (tertiary/aromatic N) is 2. The van der Waals surface area contributed by atoms with Crippen molar-refractivity contribution < 1.29 is 4.74 Å². The van der Waals surface area contributed by atoms with Crippen LogP contribution in [-0.4, -0.2) is 9.55 Å². The molecule has 0 atom stereocenters. The molecule has 0 aliphatic carbocycles. The van der Waals surface area contributed by atoms with Gasteiger partial charge in [0, 0.05) is 11.1 Å². The number of rotatable bonds is 4. The Morgan fingerprint density at radius 2 is 1.05 bits per heavy atom. The number of hydrogen-bond donors (Lipinski definition) is 0. The van der Waals surface area contributed by atoms with E-state index in [1.54, 1.807) is 0 Å². The number of benzene rings is 6. The summed E-state index contributed by atoms with van der Waals surface area (Å²) in [4.78, 5) is 5.05. The lowest BCUT2D eigenvalue weighted by atomic mass is 9.92. The number of para-hydroxylation sites is 2. The molecule has 0 bridgehead atoms. The second-order valence-corrected chi connectivity index (χ2v) is 10.0. The minimum absolute atomic E-state index is 0.814. The molecule has 0 saturated heterocycles. The fraction of sp³-hybridized carbons (Fsp3) is 0. The lowest BCUT2D eigenvalue weighted by molar-refractivity contribution is 0.477. The van der Waals surface area contributed by atoms with Gasteiger partial charge in [0.1, 0.15) is 11.3 Å². The highest BCUT2D eigenvalue weighted by atomic mass is 16.5. The van der Waals surface area contributed by atoms with Crippen LogP contribution in [0.4, 0.5) is 0 Å². The molecule has 1 aromatic heterocycles. The molecule has 0 saturated carbocycles. The molecule has 2 heterocycles. The molecule has 3 nitrogen and oxygen atoms in total. The Balaban J connectivity index is 1.38. The summed E-state index contributed by atoms with van der Waals surface area (Å²) in [7, 11) is 0. The number of aromatic nitrogens is 2. The van der Waals surface area contributed by atoms with Crippen molar-refractivity contribution in [1.29, 1.82) is 0 Å². The first kappa shape index (κ1) is 22.6. The number of imidazole rings is 1. The highest BCUT2D eigenvalue weighted by Gasteiger charge is 2.27. The first-order chi connectivity index (χ1) is 19.8. The predicted octanol–water partition coefficient (Wildman–Crippen LogP) is 9.80. The van der Waals surface area contributed by atoms with Crippen LogP contribution in [0.5, 0.6) is 11.5 Å². The van der Waals surface area contributed by atoms with Crippen LogP contribution in [0, 0.1) is 0 Å². The van der Waals surface area contributed by atoms with E-state index >= 15 is 0 Å². The Kier molecular flexibility index (Phi) is 5.14. The summed E-state index contributed by atoms with van der Waals surface area (Å²) in [5.41, 5.74) is 10.8. The van der Waals surface area contributed by atoms with Crippen molar-refractivity contribution >= 4 is 11.0 Å². The quantitative estimate of drug-likeness (QED) is 0.235. The van der Waals surface area contributed by atoms with Gasteiger partial charge < -0.3 is 4.74 Å². The Morgan fingerprint density at radius 1 is 0.475 bits per heavy atom. The zero-order chi connectivity index (χ0) is 26.5. The third kappa shape index (κ3) is 3.63. The van der Waals surface area contributed by atoms with Crippen molar-refractivity contribution in [3.05, 3.63) is 146 Å². The third-order valence-electron chi connectivity index (χ3n) is 7.58. The second kappa shape index (κ2) is 9.11. The van der Waals surface area contributed by atoms with Crippen molar-refractivity contribution in [2.75, 3.05) is 0 Å². The maximum atomic E-state index is 6.71. The molecule has 8 rings (SSSR count). The van der Waals surface area contributed by atoms with Crippen LogP contribution in [0.3, 0.4) is 0 Å². The van der Waals surface area contributed by atoms with Crippen molar-refractivity contribution in [3.63, 3.8) is 0 Å². The standard InChI is InChI=1S/C37H24N2O/c1-4-12-25(13-5-1)28-22-29(26-14-6-2-7-15-26)24-30(23-28)31-18-10-20-33-36(31)40-34-21-11-19-32-35(34)39(33)37(38-32)27-16-8-3-9-17-27/h1-24H. The van der Waals surface area contributed by atoms with E-state index in [-0.39, 0.29) is 0 Å². The zero-order valence-corrected chi connectivity index (χ0v) is 21.7. The van der Waals surface area contributed by atoms with Crippen molar-refractivity contribution in [2.45, 2.75) is 0 Å². The Labute approximate surface area is 232 Å². The Morgan fingerprint density at radius 3 is 1.70 bits per heavy atom. The minimum Gasteiger partial charge on any atom is -0.452 e. The van der Waals surface area contributed by atoms with Gasteiger partial charge in [-0.3, -0.25) is 4.57 Å². The molecule has 0 N–H and O–H groups in total. The smallest absolute Gasteiger partial charge is 0.159 e. The van der Waals surface area contributed by atoms with Crippen LogP contribution in [0.2, 0.25) is 0 Å². The van der Waals surface area contributed by atoms with E-state index in [0.717, 1.165) is 50.7 Å². The Hall–Kier alpha value is -5.41. The number of hydrogen-bond acceptors (Lipinski definition) is 2. The summed E-state index contributed by atoms with van der Waals surface area (Å²) in [5.74, 6) is 2.56. The monoisotopic (exact) mass is 512 g/mol. The van der Waals surface area contributed by atoms with Crippen molar-refractivity contribution in [3.8, 4) is 62.0 Å². The van der Waals surface area contributed by atoms with Gasteiger partial charge in [-0.25, -0.2) is 4.98 Å². The van der Waals surface area contributed by atoms with E-state index in [1.807, 2.05) is 18.2 Å². The van der Waals surface area contributed by atoms with Crippen LogP contribution >= 0.6 is 0 Å². The van der Waals surface area contributed by atoms with Crippen LogP contribution in [0.25, 0.3) is 61.5 Å². The largest absolute Gasteiger partial charge is 0.452 e. The van der Waals surface area contributed by atoms with Gasteiger partial charge in [0.25, 0.3) is 0 Å². The molecule has 0 spiro atoms. The molecule has 3 heteroatoms. The lowest BCUT2D eigenvalue weighted by Crippen LogP contribution is -2.07. The van der Waals surface area contributed by atoms with E-state index in [9.17, 15) is 0 Å². The van der Waals surface area contributed by atoms with E-state index < -0.39 is 0 Å². The summed E-state index contributed by atoms with van der Waals surface area (Å²) in [5, 5.41) is 0. The first-order valence-corrected chi connectivity index (χ1v) is 13.5. The van der Waals surface area contributed by atoms with Crippen LogP contribution < -0.4 is 4.74 Å². The predicted molar refractivity (Wildman–Crippen MR) is 163 cm³/mol. The minimum atomic E-state index is 0.814. The third-order valence-corrected chi connectivity index (χ3v) is 7.58. The van der Waals surface area contributed by atoms with Gasteiger partial charge in [-0.05, 0) is 64.2 Å². The number of fused-ring (bicyclic) bond motifs is 2. The fourth-order valence-corrected chi connectivity index (χ4v) is 5.72. The maximum Gasteiger partial charge on any atom is 0.159 e. The SMILES string of the molecule is c1ccc(-c2cc(-c3ccccc3)cc(-c3cccc4c3Oc3cccc5nc(-c6ccccc6)n-4c35)c2)cc1. The van der Waals surface area contributed by atoms with Crippen molar-refractivity contribution in [1.82, 2.24) is 9.55 Å². The maximum absolute atomic E-state index is 6.71. The zero-order valence-electron chi connectivity index (χ0n) is 21.7. The van der Waals surface area contributed by atoms with E-state index in [0.29, 0.717) is 0 Å². The molecule has 0 unspecified atom stereocenters. The molecule has 7 aromatic rings. The summed E-state index contributed by atoms with van der Waals surface area (Å²) in [6.45, 7) is 0. The molecular formula is C37H24N2O. The average Bonchev–Trinajstić information content (AvgIpc) is 3.43. The summed E-state index contributed by atoms with van der Waals surface area (Å²) in [6.07, 6.45) is 0. The Bertz CT molecular complexity index is 1950. The molecular weight excluding hydrogens is 488 g/mol. The van der Waals surface area contributed by atoms with Crippen molar-refractivity contribution in [2.24, 2.45) is 0 Å². The van der Waals surface area contributed by atoms with E-state index in [4.69, 9.17) is 9.72 Å². The molecule has 6 aromatic carbocycles. The van der Waals surface area contributed by atoms with Crippen LogP contribution in [0.1, 0.15) is 0 Å². The average molecular weight is 513 g/mol. The molecule has 0 radical (unpaired) electrons. The molecule has 1 aliphatic rings. The summed E-state index contributed by atoms with van der Waals surface area (Å²) in [6, 6.07) is 50.8. The molecule has 188 valence electrons. The summed E-state index contributed by atoms with van der Waals surface area (Å²) < 4.78 is 8.97.